The molecule has 3 heteroatoms. The maximum atomic E-state index is 5.26. The van der Waals surface area contributed by atoms with Crippen LogP contribution in [-0.2, 0) is 0 Å². The molecule has 0 saturated carbocycles. The zero-order chi connectivity index (χ0) is 11.9. The lowest BCUT2D eigenvalue weighted by Crippen LogP contribution is -2.00. The number of methoxy groups -OCH3 is 1. The molecule has 0 N–H and O–H groups in total. The molecule has 0 spiro atoms. The standard InChI is InChI=1S/C13H16BrNO/c1-8(2)15-12-6-5-10(16-4)7-11(12)9(3)13(15)14/h5-8H,1-4H3. The highest BCUT2D eigenvalue weighted by molar-refractivity contribution is 9.10. The van der Waals surface area contributed by atoms with Crippen molar-refractivity contribution < 1.29 is 4.74 Å². The number of ether oxygens (including phenoxy) is 1. The van der Waals surface area contributed by atoms with Gasteiger partial charge in [-0.3, -0.25) is 0 Å². The van der Waals surface area contributed by atoms with E-state index in [9.17, 15) is 0 Å². The van der Waals surface area contributed by atoms with E-state index in [4.69, 9.17) is 4.74 Å². The molecule has 86 valence electrons. The van der Waals surface area contributed by atoms with Crippen LogP contribution in [0.5, 0.6) is 5.75 Å². The van der Waals surface area contributed by atoms with Gasteiger partial charge in [-0.25, -0.2) is 0 Å². The fourth-order valence-electron chi connectivity index (χ4n) is 2.05. The Morgan fingerprint density at radius 2 is 2.00 bits per heavy atom. The highest BCUT2D eigenvalue weighted by Gasteiger charge is 2.14. The second-order valence-electron chi connectivity index (χ2n) is 4.26. The fourth-order valence-corrected chi connectivity index (χ4v) is 2.87. The Balaban J connectivity index is 2.79. The molecule has 0 saturated heterocycles. The van der Waals surface area contributed by atoms with Crippen LogP contribution in [0.15, 0.2) is 22.8 Å². The van der Waals surface area contributed by atoms with Crippen molar-refractivity contribution in [2.45, 2.75) is 26.8 Å². The lowest BCUT2D eigenvalue weighted by Gasteiger charge is -2.11. The number of hydrogen-bond acceptors (Lipinski definition) is 1. The van der Waals surface area contributed by atoms with Gasteiger partial charge in [0.1, 0.15) is 5.75 Å². The number of hydrogen-bond donors (Lipinski definition) is 0. The zero-order valence-corrected chi connectivity index (χ0v) is 11.6. The molecule has 0 aliphatic heterocycles. The van der Waals surface area contributed by atoms with Gasteiger partial charge in [-0.1, -0.05) is 0 Å². The number of halogens is 1. The third-order valence-electron chi connectivity index (χ3n) is 2.90. The summed E-state index contributed by atoms with van der Waals surface area (Å²) in [4.78, 5) is 0. The SMILES string of the molecule is COc1ccc2c(c1)c(C)c(Br)n2C(C)C. The third-order valence-corrected chi connectivity index (χ3v) is 3.88. The quantitative estimate of drug-likeness (QED) is 0.801. The number of fused-ring (bicyclic) bond motifs is 1. The fraction of sp³-hybridized carbons (Fsp3) is 0.385. The van der Waals surface area contributed by atoms with Gasteiger partial charge in [0, 0.05) is 16.9 Å². The van der Waals surface area contributed by atoms with Crippen molar-refractivity contribution in [3.05, 3.63) is 28.4 Å². The Morgan fingerprint density at radius 3 is 2.56 bits per heavy atom. The van der Waals surface area contributed by atoms with Crippen LogP contribution < -0.4 is 4.74 Å². The predicted octanol–water partition coefficient (Wildman–Crippen LogP) is 4.30. The molecule has 0 atom stereocenters. The van der Waals surface area contributed by atoms with E-state index in [0.29, 0.717) is 6.04 Å². The average Bonchev–Trinajstić information content (AvgIpc) is 2.51. The normalized spacial score (nSPS) is 11.4. The van der Waals surface area contributed by atoms with Gasteiger partial charge in [-0.2, -0.15) is 0 Å². The number of aryl methyl sites for hydroxylation is 1. The first-order valence-electron chi connectivity index (χ1n) is 5.40. The highest BCUT2D eigenvalue weighted by Crippen LogP contribution is 2.34. The van der Waals surface area contributed by atoms with Gasteiger partial charge < -0.3 is 9.30 Å². The second kappa shape index (κ2) is 4.13. The number of benzene rings is 1. The summed E-state index contributed by atoms with van der Waals surface area (Å²) in [7, 11) is 1.70. The van der Waals surface area contributed by atoms with Crippen LogP contribution in [0.25, 0.3) is 10.9 Å². The van der Waals surface area contributed by atoms with Gasteiger partial charge in [0.25, 0.3) is 0 Å². The maximum absolute atomic E-state index is 5.26. The highest BCUT2D eigenvalue weighted by atomic mass is 79.9. The summed E-state index contributed by atoms with van der Waals surface area (Å²) in [6.07, 6.45) is 0. The summed E-state index contributed by atoms with van der Waals surface area (Å²) in [5, 5.41) is 1.25. The molecule has 0 unspecified atom stereocenters. The Bertz CT molecular complexity index is 528. The van der Waals surface area contributed by atoms with Crippen LogP contribution in [0.1, 0.15) is 25.5 Å². The van der Waals surface area contributed by atoms with Crippen molar-refractivity contribution in [1.82, 2.24) is 4.57 Å². The molecule has 1 aromatic heterocycles. The molecule has 1 aromatic carbocycles. The molecule has 0 bridgehead atoms. The molecular weight excluding hydrogens is 266 g/mol. The summed E-state index contributed by atoms with van der Waals surface area (Å²) in [5.41, 5.74) is 2.52. The van der Waals surface area contributed by atoms with Crippen molar-refractivity contribution in [3.63, 3.8) is 0 Å². The minimum Gasteiger partial charge on any atom is -0.497 e. The lowest BCUT2D eigenvalue weighted by atomic mass is 10.2. The molecule has 2 aromatic rings. The average molecular weight is 282 g/mol. The largest absolute Gasteiger partial charge is 0.497 e. The van der Waals surface area contributed by atoms with Crippen LogP contribution in [-0.4, -0.2) is 11.7 Å². The van der Waals surface area contributed by atoms with E-state index in [2.05, 4.69) is 53.4 Å². The minimum absolute atomic E-state index is 0.443. The first-order chi connectivity index (χ1) is 7.56. The van der Waals surface area contributed by atoms with E-state index >= 15 is 0 Å². The van der Waals surface area contributed by atoms with Crippen LogP contribution >= 0.6 is 15.9 Å². The first-order valence-corrected chi connectivity index (χ1v) is 6.19. The molecule has 2 nitrogen and oxygen atoms in total. The molecule has 0 aliphatic carbocycles. The van der Waals surface area contributed by atoms with E-state index in [-0.39, 0.29) is 0 Å². The summed E-state index contributed by atoms with van der Waals surface area (Å²) in [5.74, 6) is 0.906. The molecule has 0 amide bonds. The van der Waals surface area contributed by atoms with Crippen molar-refractivity contribution in [2.75, 3.05) is 7.11 Å². The summed E-state index contributed by atoms with van der Waals surface area (Å²) in [6, 6.07) is 6.66. The van der Waals surface area contributed by atoms with Gasteiger partial charge >= 0.3 is 0 Å². The van der Waals surface area contributed by atoms with Crippen molar-refractivity contribution in [1.29, 1.82) is 0 Å². The predicted molar refractivity (Wildman–Crippen MR) is 71.3 cm³/mol. The van der Waals surface area contributed by atoms with E-state index in [1.807, 2.05) is 6.07 Å². The molecule has 2 rings (SSSR count). The summed E-state index contributed by atoms with van der Waals surface area (Å²) >= 11 is 3.66. The van der Waals surface area contributed by atoms with E-state index in [0.717, 1.165) is 10.4 Å². The second-order valence-corrected chi connectivity index (χ2v) is 5.01. The van der Waals surface area contributed by atoms with Gasteiger partial charge in [0.15, 0.2) is 0 Å². The zero-order valence-electron chi connectivity index (χ0n) is 10.0. The van der Waals surface area contributed by atoms with Gasteiger partial charge in [0.05, 0.1) is 11.7 Å². The van der Waals surface area contributed by atoms with Crippen LogP contribution in [0.2, 0.25) is 0 Å². The Morgan fingerprint density at radius 1 is 1.31 bits per heavy atom. The Hall–Kier alpha value is -0.960. The van der Waals surface area contributed by atoms with Crippen molar-refractivity contribution in [3.8, 4) is 5.75 Å². The minimum atomic E-state index is 0.443. The number of nitrogens with zero attached hydrogens (tertiary/aromatic N) is 1. The smallest absolute Gasteiger partial charge is 0.119 e. The monoisotopic (exact) mass is 281 g/mol. The molecule has 0 radical (unpaired) electrons. The molecule has 16 heavy (non-hydrogen) atoms. The topological polar surface area (TPSA) is 14.2 Å². The number of aromatic nitrogens is 1. The van der Waals surface area contributed by atoms with Crippen molar-refractivity contribution in [2.24, 2.45) is 0 Å². The van der Waals surface area contributed by atoms with Crippen LogP contribution in [0.3, 0.4) is 0 Å². The van der Waals surface area contributed by atoms with E-state index < -0.39 is 0 Å². The van der Waals surface area contributed by atoms with Crippen LogP contribution in [0.4, 0.5) is 0 Å². The van der Waals surface area contributed by atoms with Gasteiger partial charge in [0.2, 0.25) is 0 Å². The number of rotatable bonds is 2. The lowest BCUT2D eigenvalue weighted by molar-refractivity contribution is 0.415. The first kappa shape index (κ1) is 11.5. The summed E-state index contributed by atoms with van der Waals surface area (Å²) in [6.45, 7) is 6.51. The molecule has 1 heterocycles. The summed E-state index contributed by atoms with van der Waals surface area (Å²) < 4.78 is 8.72. The van der Waals surface area contributed by atoms with Gasteiger partial charge in [-0.05, 0) is 60.5 Å². The molecular formula is C13H16BrNO. The Kier molecular flexibility index (Phi) is 2.98. The third kappa shape index (κ3) is 1.63. The van der Waals surface area contributed by atoms with Gasteiger partial charge in [-0.15, -0.1) is 0 Å². The maximum Gasteiger partial charge on any atom is 0.119 e. The van der Waals surface area contributed by atoms with E-state index in [1.54, 1.807) is 7.11 Å². The van der Waals surface area contributed by atoms with Crippen LogP contribution in [0, 0.1) is 6.92 Å². The Labute approximate surface area is 104 Å². The molecule has 0 fully saturated rings. The van der Waals surface area contributed by atoms with Crippen molar-refractivity contribution >= 4 is 26.8 Å². The van der Waals surface area contributed by atoms with E-state index in [1.165, 1.54) is 16.5 Å². The molecule has 0 aliphatic rings.